The SMILES string of the molecule is CNC(=O)CCN(C)c1cc(F)cc(CO)c1. The number of rotatable bonds is 5. The number of aliphatic hydroxyl groups is 1. The van der Waals surface area contributed by atoms with Crippen molar-refractivity contribution in [2.75, 3.05) is 25.5 Å². The molecule has 0 radical (unpaired) electrons. The molecule has 1 aromatic rings. The van der Waals surface area contributed by atoms with E-state index in [-0.39, 0.29) is 12.5 Å². The summed E-state index contributed by atoms with van der Waals surface area (Å²) in [6.07, 6.45) is 0.345. The summed E-state index contributed by atoms with van der Waals surface area (Å²) in [5, 5.41) is 11.5. The molecule has 5 heteroatoms. The van der Waals surface area contributed by atoms with Crippen molar-refractivity contribution in [1.82, 2.24) is 5.32 Å². The molecule has 0 fully saturated rings. The van der Waals surface area contributed by atoms with Crippen LogP contribution in [0.1, 0.15) is 12.0 Å². The van der Waals surface area contributed by atoms with Gasteiger partial charge >= 0.3 is 0 Å². The van der Waals surface area contributed by atoms with Crippen molar-refractivity contribution in [3.05, 3.63) is 29.6 Å². The van der Waals surface area contributed by atoms with Gasteiger partial charge in [-0.05, 0) is 23.8 Å². The van der Waals surface area contributed by atoms with Gasteiger partial charge < -0.3 is 15.3 Å². The zero-order chi connectivity index (χ0) is 12.8. The molecule has 1 amide bonds. The predicted molar refractivity (Wildman–Crippen MR) is 64.3 cm³/mol. The van der Waals surface area contributed by atoms with E-state index >= 15 is 0 Å². The highest BCUT2D eigenvalue weighted by molar-refractivity contribution is 5.76. The van der Waals surface area contributed by atoms with Crippen molar-refractivity contribution >= 4 is 11.6 Å². The minimum Gasteiger partial charge on any atom is -0.392 e. The molecule has 0 saturated heterocycles. The Morgan fingerprint density at radius 2 is 2.18 bits per heavy atom. The van der Waals surface area contributed by atoms with E-state index in [9.17, 15) is 9.18 Å². The minimum atomic E-state index is -0.390. The molecule has 0 heterocycles. The molecule has 4 nitrogen and oxygen atoms in total. The van der Waals surface area contributed by atoms with Gasteiger partial charge in [0, 0.05) is 32.7 Å². The van der Waals surface area contributed by atoms with Gasteiger partial charge in [-0.3, -0.25) is 4.79 Å². The highest BCUT2D eigenvalue weighted by Crippen LogP contribution is 2.17. The monoisotopic (exact) mass is 240 g/mol. The molecular weight excluding hydrogens is 223 g/mol. The summed E-state index contributed by atoms with van der Waals surface area (Å²) in [7, 11) is 3.35. The number of amides is 1. The van der Waals surface area contributed by atoms with Crippen LogP contribution in [0.25, 0.3) is 0 Å². The van der Waals surface area contributed by atoms with Gasteiger partial charge in [0.2, 0.25) is 5.91 Å². The van der Waals surface area contributed by atoms with Crippen molar-refractivity contribution in [2.24, 2.45) is 0 Å². The number of nitrogens with zero attached hydrogens (tertiary/aromatic N) is 1. The van der Waals surface area contributed by atoms with Crippen LogP contribution in [0.15, 0.2) is 18.2 Å². The highest BCUT2D eigenvalue weighted by atomic mass is 19.1. The van der Waals surface area contributed by atoms with Crippen molar-refractivity contribution in [2.45, 2.75) is 13.0 Å². The molecule has 0 aliphatic rings. The summed E-state index contributed by atoms with van der Waals surface area (Å²) in [5.74, 6) is -0.450. The van der Waals surface area contributed by atoms with E-state index < -0.39 is 5.82 Å². The van der Waals surface area contributed by atoms with E-state index in [1.54, 1.807) is 25.1 Å². The van der Waals surface area contributed by atoms with E-state index in [0.29, 0.717) is 24.2 Å². The van der Waals surface area contributed by atoms with Crippen LogP contribution in [-0.4, -0.2) is 31.7 Å². The first kappa shape index (κ1) is 13.4. The Kier molecular flexibility index (Phi) is 4.90. The van der Waals surface area contributed by atoms with Gasteiger partial charge in [0.15, 0.2) is 0 Å². The molecule has 0 spiro atoms. The number of benzene rings is 1. The molecule has 0 aliphatic heterocycles. The lowest BCUT2D eigenvalue weighted by atomic mass is 10.2. The molecule has 0 aromatic heterocycles. The number of carbonyl (C=O) groups excluding carboxylic acids is 1. The van der Waals surface area contributed by atoms with Gasteiger partial charge in [-0.1, -0.05) is 0 Å². The van der Waals surface area contributed by atoms with Crippen LogP contribution in [-0.2, 0) is 11.4 Å². The fourth-order valence-corrected chi connectivity index (χ4v) is 1.47. The van der Waals surface area contributed by atoms with E-state index in [0.717, 1.165) is 0 Å². The molecule has 1 rings (SSSR count). The second-order valence-electron chi connectivity index (χ2n) is 3.82. The number of anilines is 1. The lowest BCUT2D eigenvalue weighted by molar-refractivity contribution is -0.120. The Hall–Kier alpha value is -1.62. The van der Waals surface area contributed by atoms with Crippen LogP contribution in [0.4, 0.5) is 10.1 Å². The molecular formula is C12H17FN2O2. The zero-order valence-corrected chi connectivity index (χ0v) is 10.0. The summed E-state index contributed by atoms with van der Waals surface area (Å²) in [5.41, 5.74) is 1.17. The quantitative estimate of drug-likeness (QED) is 0.803. The smallest absolute Gasteiger partial charge is 0.221 e. The van der Waals surface area contributed by atoms with Gasteiger partial charge in [-0.15, -0.1) is 0 Å². The number of carbonyl (C=O) groups is 1. The van der Waals surface area contributed by atoms with Gasteiger partial charge in [0.05, 0.1) is 6.61 Å². The fourth-order valence-electron chi connectivity index (χ4n) is 1.47. The second-order valence-corrected chi connectivity index (χ2v) is 3.82. The number of halogens is 1. The molecule has 94 valence electrons. The Balaban J connectivity index is 2.71. The molecule has 0 unspecified atom stereocenters. The van der Waals surface area contributed by atoms with Crippen LogP contribution in [0.2, 0.25) is 0 Å². The zero-order valence-electron chi connectivity index (χ0n) is 10.0. The molecule has 2 N–H and O–H groups in total. The van der Waals surface area contributed by atoms with Crippen LogP contribution < -0.4 is 10.2 Å². The van der Waals surface area contributed by atoms with Crippen LogP contribution >= 0.6 is 0 Å². The van der Waals surface area contributed by atoms with Crippen molar-refractivity contribution in [3.8, 4) is 0 Å². The number of hydrogen-bond acceptors (Lipinski definition) is 3. The largest absolute Gasteiger partial charge is 0.392 e. The highest BCUT2D eigenvalue weighted by Gasteiger charge is 2.07. The summed E-state index contributed by atoms with van der Waals surface area (Å²) >= 11 is 0. The molecule has 0 atom stereocenters. The molecule has 1 aromatic carbocycles. The first-order valence-corrected chi connectivity index (χ1v) is 5.39. The van der Waals surface area contributed by atoms with Gasteiger partial charge in [-0.25, -0.2) is 4.39 Å². The summed E-state index contributed by atoms with van der Waals surface area (Å²) in [4.78, 5) is 12.9. The van der Waals surface area contributed by atoms with Crippen LogP contribution in [0, 0.1) is 5.82 Å². The Bertz CT molecular complexity index is 396. The van der Waals surface area contributed by atoms with Crippen LogP contribution in [0.3, 0.4) is 0 Å². The fraction of sp³-hybridized carbons (Fsp3) is 0.417. The van der Waals surface area contributed by atoms with Crippen molar-refractivity contribution in [1.29, 1.82) is 0 Å². The summed E-state index contributed by atoms with van der Waals surface area (Å²) < 4.78 is 13.2. The second kappa shape index (κ2) is 6.20. The van der Waals surface area contributed by atoms with Crippen LogP contribution in [0.5, 0.6) is 0 Å². The Morgan fingerprint density at radius 3 is 2.76 bits per heavy atom. The lowest BCUT2D eigenvalue weighted by Crippen LogP contribution is -2.26. The summed E-state index contributed by atoms with van der Waals surface area (Å²) in [6.45, 7) is 0.294. The van der Waals surface area contributed by atoms with E-state index in [2.05, 4.69) is 5.32 Å². The third kappa shape index (κ3) is 4.03. The lowest BCUT2D eigenvalue weighted by Gasteiger charge is -2.19. The maximum absolute atomic E-state index is 13.2. The van der Waals surface area contributed by atoms with Gasteiger partial charge in [0.1, 0.15) is 5.82 Å². The Labute approximate surface area is 100 Å². The molecule has 17 heavy (non-hydrogen) atoms. The number of hydrogen-bond donors (Lipinski definition) is 2. The third-order valence-electron chi connectivity index (χ3n) is 2.52. The first-order chi connectivity index (χ1) is 8.06. The predicted octanol–water partition coefficient (Wildman–Crippen LogP) is 0.890. The average Bonchev–Trinajstić information content (AvgIpc) is 2.34. The normalized spacial score (nSPS) is 10.1. The third-order valence-corrected chi connectivity index (χ3v) is 2.52. The first-order valence-electron chi connectivity index (χ1n) is 5.39. The van der Waals surface area contributed by atoms with Crippen molar-refractivity contribution in [3.63, 3.8) is 0 Å². The molecule has 0 bridgehead atoms. The maximum atomic E-state index is 13.2. The van der Waals surface area contributed by atoms with E-state index in [1.807, 2.05) is 0 Å². The van der Waals surface area contributed by atoms with Gasteiger partial charge in [-0.2, -0.15) is 0 Å². The van der Waals surface area contributed by atoms with E-state index in [1.165, 1.54) is 12.1 Å². The number of aliphatic hydroxyl groups excluding tert-OH is 1. The minimum absolute atomic E-state index is 0.0596. The average molecular weight is 240 g/mol. The standard InChI is InChI=1S/C12H17FN2O2/c1-14-12(17)3-4-15(2)11-6-9(8-16)5-10(13)7-11/h5-7,16H,3-4,8H2,1-2H3,(H,14,17). The van der Waals surface area contributed by atoms with Crippen molar-refractivity contribution < 1.29 is 14.3 Å². The van der Waals surface area contributed by atoms with Gasteiger partial charge in [0.25, 0.3) is 0 Å². The van der Waals surface area contributed by atoms with E-state index in [4.69, 9.17) is 5.11 Å². The topological polar surface area (TPSA) is 52.6 Å². The summed E-state index contributed by atoms with van der Waals surface area (Å²) in [6, 6.07) is 4.37. The number of nitrogens with one attached hydrogen (secondary N) is 1. The maximum Gasteiger partial charge on any atom is 0.221 e. The molecule has 0 aliphatic carbocycles. The Morgan fingerprint density at radius 1 is 1.47 bits per heavy atom. The molecule has 0 saturated carbocycles.